The molecule has 4 heteroatoms. The largest absolute Gasteiger partial charge is 0.481 e. The molecule has 4 nitrogen and oxygen atoms in total. The van der Waals surface area contributed by atoms with E-state index in [9.17, 15) is 14.7 Å². The predicted molar refractivity (Wildman–Crippen MR) is 77.3 cm³/mol. The lowest BCUT2D eigenvalue weighted by Crippen LogP contribution is -2.51. The SMILES string of the molecule is CC1(C)[C@@H](C(=O)O)CC[C@@]1(C)C(=O)NC1CCCCC1. The molecule has 0 saturated heterocycles. The second kappa shape index (κ2) is 5.38. The third-order valence-corrected chi connectivity index (χ3v) is 5.97. The van der Waals surface area contributed by atoms with Crippen molar-refractivity contribution in [1.82, 2.24) is 5.32 Å². The molecule has 0 spiro atoms. The monoisotopic (exact) mass is 281 g/mol. The second-order valence-corrected chi connectivity index (χ2v) is 7.29. The predicted octanol–water partition coefficient (Wildman–Crippen LogP) is 2.96. The molecule has 0 aromatic heterocycles. The molecule has 0 aromatic carbocycles. The first kappa shape index (κ1) is 15.3. The summed E-state index contributed by atoms with van der Waals surface area (Å²) in [6.45, 7) is 5.80. The molecule has 2 aliphatic rings. The number of hydrogen-bond acceptors (Lipinski definition) is 2. The highest BCUT2D eigenvalue weighted by Crippen LogP contribution is 2.56. The number of aliphatic carboxylic acids is 1. The van der Waals surface area contributed by atoms with Gasteiger partial charge in [0.1, 0.15) is 0 Å². The van der Waals surface area contributed by atoms with E-state index in [2.05, 4.69) is 5.32 Å². The van der Waals surface area contributed by atoms with Crippen LogP contribution in [0.4, 0.5) is 0 Å². The molecule has 2 atom stereocenters. The zero-order valence-electron chi connectivity index (χ0n) is 12.9. The molecule has 0 bridgehead atoms. The Hall–Kier alpha value is -1.06. The highest BCUT2D eigenvalue weighted by Gasteiger charge is 2.58. The van der Waals surface area contributed by atoms with E-state index >= 15 is 0 Å². The van der Waals surface area contributed by atoms with Crippen LogP contribution in [0.3, 0.4) is 0 Å². The lowest BCUT2D eigenvalue weighted by molar-refractivity contribution is -0.149. The molecule has 2 fully saturated rings. The Morgan fingerprint density at radius 2 is 1.65 bits per heavy atom. The summed E-state index contributed by atoms with van der Waals surface area (Å²) in [4.78, 5) is 24.1. The van der Waals surface area contributed by atoms with Gasteiger partial charge in [0.15, 0.2) is 0 Å². The molecular formula is C16H27NO3. The van der Waals surface area contributed by atoms with E-state index in [1.807, 2.05) is 20.8 Å². The van der Waals surface area contributed by atoms with Crippen LogP contribution in [-0.4, -0.2) is 23.0 Å². The van der Waals surface area contributed by atoms with Gasteiger partial charge in [-0.15, -0.1) is 0 Å². The van der Waals surface area contributed by atoms with Gasteiger partial charge in [-0.05, 0) is 31.1 Å². The number of amides is 1. The summed E-state index contributed by atoms with van der Waals surface area (Å²) in [5.74, 6) is -1.15. The molecule has 0 aliphatic heterocycles. The normalized spacial score (nSPS) is 33.9. The Morgan fingerprint density at radius 3 is 2.15 bits per heavy atom. The van der Waals surface area contributed by atoms with E-state index in [-0.39, 0.29) is 11.9 Å². The zero-order chi connectivity index (χ0) is 15.0. The van der Waals surface area contributed by atoms with Crippen LogP contribution in [0.15, 0.2) is 0 Å². The first-order chi connectivity index (χ1) is 9.29. The molecule has 1 amide bonds. The first-order valence-corrected chi connectivity index (χ1v) is 7.83. The third-order valence-electron chi connectivity index (χ3n) is 5.97. The molecule has 2 saturated carbocycles. The molecule has 2 rings (SSSR count). The van der Waals surface area contributed by atoms with E-state index < -0.39 is 22.7 Å². The smallest absolute Gasteiger partial charge is 0.307 e. The minimum Gasteiger partial charge on any atom is -0.481 e. The number of nitrogens with one attached hydrogen (secondary N) is 1. The molecule has 0 radical (unpaired) electrons. The van der Waals surface area contributed by atoms with Gasteiger partial charge in [0, 0.05) is 6.04 Å². The van der Waals surface area contributed by atoms with Crippen molar-refractivity contribution in [3.8, 4) is 0 Å². The van der Waals surface area contributed by atoms with Crippen molar-refractivity contribution in [3.63, 3.8) is 0 Å². The summed E-state index contributed by atoms with van der Waals surface area (Å²) in [5, 5.41) is 12.5. The lowest BCUT2D eigenvalue weighted by atomic mass is 9.65. The maximum atomic E-state index is 12.7. The third kappa shape index (κ3) is 2.45. The highest BCUT2D eigenvalue weighted by atomic mass is 16.4. The van der Waals surface area contributed by atoms with Gasteiger partial charge in [-0.1, -0.05) is 40.0 Å². The van der Waals surface area contributed by atoms with E-state index in [1.54, 1.807) is 0 Å². The standard InChI is InChI=1S/C16H27NO3/c1-15(2)12(13(18)19)9-10-16(15,3)14(20)17-11-7-5-4-6-8-11/h11-12H,4-10H2,1-3H3,(H,17,20)(H,18,19)/t12-,16+/m1/s1. The fraction of sp³-hybridized carbons (Fsp3) is 0.875. The molecule has 114 valence electrons. The van der Waals surface area contributed by atoms with Gasteiger partial charge in [-0.2, -0.15) is 0 Å². The Labute approximate surface area is 121 Å². The van der Waals surface area contributed by atoms with Crippen molar-refractivity contribution in [1.29, 1.82) is 0 Å². The van der Waals surface area contributed by atoms with Crippen LogP contribution in [0.1, 0.15) is 65.7 Å². The summed E-state index contributed by atoms with van der Waals surface area (Å²) in [5.41, 5.74) is -1.08. The van der Waals surface area contributed by atoms with Crippen molar-refractivity contribution >= 4 is 11.9 Å². The molecule has 0 unspecified atom stereocenters. The van der Waals surface area contributed by atoms with Gasteiger partial charge in [0.2, 0.25) is 5.91 Å². The fourth-order valence-electron chi connectivity index (χ4n) is 3.93. The average Bonchev–Trinajstić information content (AvgIpc) is 2.63. The molecule has 2 N–H and O–H groups in total. The number of carboxylic acid groups (broad SMARTS) is 1. The maximum Gasteiger partial charge on any atom is 0.307 e. The molecule has 20 heavy (non-hydrogen) atoms. The van der Waals surface area contributed by atoms with Crippen LogP contribution in [0.25, 0.3) is 0 Å². The Bertz CT molecular complexity index is 399. The number of hydrogen-bond donors (Lipinski definition) is 2. The minimum atomic E-state index is -0.774. The molecule has 0 aromatic rings. The van der Waals surface area contributed by atoms with Gasteiger partial charge >= 0.3 is 5.97 Å². The second-order valence-electron chi connectivity index (χ2n) is 7.29. The average molecular weight is 281 g/mol. The van der Waals surface area contributed by atoms with E-state index in [0.29, 0.717) is 12.8 Å². The van der Waals surface area contributed by atoms with Crippen LogP contribution in [0.5, 0.6) is 0 Å². The van der Waals surface area contributed by atoms with Gasteiger partial charge < -0.3 is 10.4 Å². The maximum absolute atomic E-state index is 12.7. The van der Waals surface area contributed by atoms with Crippen molar-refractivity contribution in [2.45, 2.75) is 71.8 Å². The summed E-state index contributed by atoms with van der Waals surface area (Å²) >= 11 is 0. The number of carboxylic acids is 1. The first-order valence-electron chi connectivity index (χ1n) is 7.83. The molecular weight excluding hydrogens is 254 g/mol. The van der Waals surface area contributed by atoms with Crippen LogP contribution in [-0.2, 0) is 9.59 Å². The number of carbonyl (C=O) groups excluding carboxylic acids is 1. The quantitative estimate of drug-likeness (QED) is 0.835. The van der Waals surface area contributed by atoms with Gasteiger partial charge in [0.25, 0.3) is 0 Å². The van der Waals surface area contributed by atoms with Crippen molar-refractivity contribution in [2.75, 3.05) is 0 Å². The summed E-state index contributed by atoms with van der Waals surface area (Å²) < 4.78 is 0. The van der Waals surface area contributed by atoms with Crippen molar-refractivity contribution < 1.29 is 14.7 Å². The van der Waals surface area contributed by atoms with E-state index in [0.717, 1.165) is 12.8 Å². The van der Waals surface area contributed by atoms with Gasteiger partial charge in [-0.3, -0.25) is 9.59 Å². The Kier molecular flexibility index (Phi) is 4.12. The van der Waals surface area contributed by atoms with Crippen LogP contribution in [0.2, 0.25) is 0 Å². The zero-order valence-corrected chi connectivity index (χ0v) is 12.9. The minimum absolute atomic E-state index is 0.0538. The Balaban J connectivity index is 2.09. The topological polar surface area (TPSA) is 66.4 Å². The van der Waals surface area contributed by atoms with E-state index in [4.69, 9.17) is 0 Å². The number of carbonyl (C=O) groups is 2. The fourth-order valence-corrected chi connectivity index (χ4v) is 3.93. The van der Waals surface area contributed by atoms with E-state index in [1.165, 1.54) is 19.3 Å². The van der Waals surface area contributed by atoms with Gasteiger partial charge in [-0.25, -0.2) is 0 Å². The van der Waals surface area contributed by atoms with Gasteiger partial charge in [0.05, 0.1) is 11.3 Å². The summed E-state index contributed by atoms with van der Waals surface area (Å²) in [6, 6.07) is 0.285. The number of rotatable bonds is 3. The highest BCUT2D eigenvalue weighted by molar-refractivity contribution is 5.85. The summed E-state index contributed by atoms with van der Waals surface area (Å²) in [6.07, 6.45) is 7.00. The van der Waals surface area contributed by atoms with Crippen molar-refractivity contribution in [2.24, 2.45) is 16.7 Å². The van der Waals surface area contributed by atoms with Crippen LogP contribution >= 0.6 is 0 Å². The summed E-state index contributed by atoms with van der Waals surface area (Å²) in [7, 11) is 0. The van der Waals surface area contributed by atoms with Crippen LogP contribution < -0.4 is 5.32 Å². The molecule has 2 aliphatic carbocycles. The molecule has 0 heterocycles. The lowest BCUT2D eigenvalue weighted by Gasteiger charge is -2.40. The Morgan fingerprint density at radius 1 is 1.05 bits per heavy atom. The van der Waals surface area contributed by atoms with Crippen LogP contribution in [0, 0.1) is 16.7 Å². The van der Waals surface area contributed by atoms with Crippen molar-refractivity contribution in [3.05, 3.63) is 0 Å².